The van der Waals surface area contributed by atoms with Crippen molar-refractivity contribution in [1.29, 1.82) is 0 Å². The highest BCUT2D eigenvalue weighted by Gasteiger charge is 2.23. The molecule has 1 fully saturated rings. The molecule has 1 aromatic carbocycles. The molecule has 0 heterocycles. The Balaban J connectivity index is 1.96. The summed E-state index contributed by atoms with van der Waals surface area (Å²) in [5.41, 5.74) is 7.37. The Hall–Kier alpha value is -0.380. The number of ether oxygens (including phenoxy) is 1. The zero-order valence-electron chi connectivity index (χ0n) is 10.9. The summed E-state index contributed by atoms with van der Waals surface area (Å²) in [6, 6.07) is 8.37. The van der Waals surface area contributed by atoms with E-state index in [9.17, 15) is 0 Å². The first-order chi connectivity index (χ1) is 8.70. The van der Waals surface area contributed by atoms with Gasteiger partial charge in [-0.1, -0.05) is 47.8 Å². The molecule has 2 nitrogen and oxygen atoms in total. The minimum Gasteiger partial charge on any atom is -0.372 e. The summed E-state index contributed by atoms with van der Waals surface area (Å²) in [6.07, 6.45) is 4.91. The van der Waals surface area contributed by atoms with Gasteiger partial charge in [0.2, 0.25) is 0 Å². The predicted octanol–water partition coefficient (Wildman–Crippen LogP) is 4.04. The van der Waals surface area contributed by atoms with Crippen LogP contribution >= 0.6 is 15.9 Å². The summed E-state index contributed by atoms with van der Waals surface area (Å²) in [5.74, 6) is 0.911. The molecule has 0 spiro atoms. The fourth-order valence-electron chi connectivity index (χ4n) is 2.10. The average molecular weight is 312 g/mol. The van der Waals surface area contributed by atoms with Gasteiger partial charge in [-0.15, -0.1) is 0 Å². The topological polar surface area (TPSA) is 35.2 Å². The Morgan fingerprint density at radius 3 is 2.56 bits per heavy atom. The van der Waals surface area contributed by atoms with Gasteiger partial charge in [0, 0.05) is 17.1 Å². The predicted molar refractivity (Wildman–Crippen MR) is 78.4 cm³/mol. The van der Waals surface area contributed by atoms with Gasteiger partial charge in [0.15, 0.2) is 0 Å². The molecule has 2 rings (SSSR count). The Morgan fingerprint density at radius 1 is 1.33 bits per heavy atom. The molecule has 0 amide bonds. The molecule has 0 saturated heterocycles. The lowest BCUT2D eigenvalue weighted by atomic mass is 10.0. The van der Waals surface area contributed by atoms with Gasteiger partial charge >= 0.3 is 0 Å². The van der Waals surface area contributed by atoms with Crippen molar-refractivity contribution in [2.24, 2.45) is 11.7 Å². The summed E-state index contributed by atoms with van der Waals surface area (Å²) in [5, 5.41) is 0. The molecule has 0 radical (unpaired) electrons. The van der Waals surface area contributed by atoms with Gasteiger partial charge in [-0.2, -0.15) is 0 Å². The maximum atomic E-state index is 6.18. The van der Waals surface area contributed by atoms with Crippen LogP contribution in [0.1, 0.15) is 44.3 Å². The molecule has 0 aliphatic heterocycles. The van der Waals surface area contributed by atoms with Crippen LogP contribution in [0.4, 0.5) is 0 Å². The van der Waals surface area contributed by atoms with Gasteiger partial charge < -0.3 is 10.5 Å². The second kappa shape index (κ2) is 6.69. The molecule has 1 aromatic rings. The lowest BCUT2D eigenvalue weighted by molar-refractivity contribution is 0.0300. The first-order valence-electron chi connectivity index (χ1n) is 6.83. The average Bonchev–Trinajstić information content (AvgIpc) is 3.19. The summed E-state index contributed by atoms with van der Waals surface area (Å²) in [6.45, 7) is 2.94. The van der Waals surface area contributed by atoms with E-state index >= 15 is 0 Å². The summed E-state index contributed by atoms with van der Waals surface area (Å²) >= 11 is 3.46. The molecule has 1 aliphatic carbocycles. The van der Waals surface area contributed by atoms with Gasteiger partial charge in [0.1, 0.15) is 0 Å². The lowest BCUT2D eigenvalue weighted by Gasteiger charge is -2.24. The molecular formula is C15H22BrNO. The second-order valence-electron chi connectivity index (χ2n) is 5.15. The smallest absolute Gasteiger partial charge is 0.0975 e. The summed E-state index contributed by atoms with van der Waals surface area (Å²) in [4.78, 5) is 0. The van der Waals surface area contributed by atoms with Crippen molar-refractivity contribution >= 4 is 15.9 Å². The van der Waals surface area contributed by atoms with Crippen molar-refractivity contribution in [3.63, 3.8) is 0 Å². The molecule has 0 aromatic heterocycles. The molecule has 0 bridgehead atoms. The van der Waals surface area contributed by atoms with Crippen molar-refractivity contribution in [2.75, 3.05) is 6.61 Å². The van der Waals surface area contributed by atoms with Gasteiger partial charge in [-0.3, -0.25) is 0 Å². The molecular weight excluding hydrogens is 290 g/mol. The van der Waals surface area contributed by atoms with E-state index in [1.54, 1.807) is 0 Å². The second-order valence-corrected chi connectivity index (χ2v) is 6.06. The van der Waals surface area contributed by atoms with Crippen LogP contribution in [-0.2, 0) is 4.74 Å². The van der Waals surface area contributed by atoms with Crippen LogP contribution in [0.5, 0.6) is 0 Å². The van der Waals surface area contributed by atoms with E-state index in [0.717, 1.165) is 23.4 Å². The quantitative estimate of drug-likeness (QED) is 0.824. The molecule has 2 atom stereocenters. The number of halogens is 1. The van der Waals surface area contributed by atoms with E-state index in [1.807, 2.05) is 0 Å². The van der Waals surface area contributed by atoms with Crippen LogP contribution in [0.25, 0.3) is 0 Å². The van der Waals surface area contributed by atoms with Crippen molar-refractivity contribution < 1.29 is 4.74 Å². The van der Waals surface area contributed by atoms with Crippen LogP contribution < -0.4 is 5.73 Å². The zero-order chi connectivity index (χ0) is 13.0. The van der Waals surface area contributed by atoms with E-state index in [2.05, 4.69) is 47.1 Å². The minimum atomic E-state index is 0.0295. The van der Waals surface area contributed by atoms with E-state index in [0.29, 0.717) is 0 Å². The molecule has 18 heavy (non-hydrogen) atoms. The third-order valence-corrected chi connectivity index (χ3v) is 4.11. The van der Waals surface area contributed by atoms with Gasteiger partial charge in [0.05, 0.1) is 6.10 Å². The normalized spacial score (nSPS) is 18.6. The van der Waals surface area contributed by atoms with Crippen molar-refractivity contribution in [3.8, 4) is 0 Å². The first-order valence-corrected chi connectivity index (χ1v) is 7.62. The molecule has 2 unspecified atom stereocenters. The Labute approximate surface area is 118 Å². The minimum absolute atomic E-state index is 0.0295. The molecule has 1 aliphatic rings. The fourth-order valence-corrected chi connectivity index (χ4v) is 2.37. The zero-order valence-corrected chi connectivity index (χ0v) is 12.5. The third kappa shape index (κ3) is 4.08. The highest BCUT2D eigenvalue weighted by molar-refractivity contribution is 9.10. The highest BCUT2D eigenvalue weighted by atomic mass is 79.9. The summed E-state index contributed by atoms with van der Waals surface area (Å²) < 4.78 is 7.12. The lowest BCUT2D eigenvalue weighted by Crippen LogP contribution is -2.29. The Morgan fingerprint density at radius 2 is 2.00 bits per heavy atom. The number of hydrogen-bond donors (Lipinski definition) is 1. The van der Waals surface area contributed by atoms with Crippen LogP contribution in [0.15, 0.2) is 28.7 Å². The molecule has 3 heteroatoms. The standard InChI is InChI=1S/C15H22BrNO/c1-2-14(17)15(18-10-9-11-3-4-11)12-5-7-13(16)8-6-12/h5-8,11,14-15H,2-4,9-10,17H2,1H3. The van der Waals surface area contributed by atoms with Crippen LogP contribution in [0.2, 0.25) is 0 Å². The van der Waals surface area contributed by atoms with Crippen LogP contribution in [-0.4, -0.2) is 12.6 Å². The van der Waals surface area contributed by atoms with E-state index in [-0.39, 0.29) is 12.1 Å². The van der Waals surface area contributed by atoms with Crippen LogP contribution in [0.3, 0.4) is 0 Å². The van der Waals surface area contributed by atoms with Crippen molar-refractivity contribution in [3.05, 3.63) is 34.3 Å². The number of benzene rings is 1. The van der Waals surface area contributed by atoms with Gasteiger partial charge in [0.25, 0.3) is 0 Å². The number of hydrogen-bond acceptors (Lipinski definition) is 2. The number of nitrogens with two attached hydrogens (primary N) is 1. The molecule has 1 saturated carbocycles. The largest absolute Gasteiger partial charge is 0.372 e. The number of rotatable bonds is 7. The Kier molecular flexibility index (Phi) is 5.22. The van der Waals surface area contributed by atoms with E-state index in [1.165, 1.54) is 24.8 Å². The maximum absolute atomic E-state index is 6.18. The van der Waals surface area contributed by atoms with Gasteiger partial charge in [-0.25, -0.2) is 0 Å². The summed E-state index contributed by atoms with van der Waals surface area (Å²) in [7, 11) is 0. The van der Waals surface area contributed by atoms with Crippen molar-refractivity contribution in [1.82, 2.24) is 0 Å². The highest BCUT2D eigenvalue weighted by Crippen LogP contribution is 2.33. The van der Waals surface area contributed by atoms with Crippen molar-refractivity contribution in [2.45, 2.75) is 44.8 Å². The van der Waals surface area contributed by atoms with E-state index < -0.39 is 0 Å². The third-order valence-electron chi connectivity index (χ3n) is 3.58. The van der Waals surface area contributed by atoms with Crippen LogP contribution in [0, 0.1) is 5.92 Å². The maximum Gasteiger partial charge on any atom is 0.0975 e. The fraction of sp³-hybridized carbons (Fsp3) is 0.600. The van der Waals surface area contributed by atoms with Gasteiger partial charge in [-0.05, 0) is 36.5 Å². The molecule has 2 N–H and O–H groups in total. The monoisotopic (exact) mass is 311 g/mol. The Bertz CT molecular complexity index is 361. The van der Waals surface area contributed by atoms with E-state index in [4.69, 9.17) is 10.5 Å². The molecule has 100 valence electrons. The first kappa shape index (κ1) is 14.0. The SMILES string of the molecule is CCC(N)C(OCCC1CC1)c1ccc(Br)cc1.